The van der Waals surface area contributed by atoms with E-state index in [2.05, 4.69) is 24.5 Å². The Morgan fingerprint density at radius 1 is 1.11 bits per heavy atom. The fraction of sp³-hybridized carbons (Fsp3) is 0.600. The Balaban J connectivity index is 2.35. The lowest BCUT2D eigenvalue weighted by molar-refractivity contribution is 0.105. The largest absolute Gasteiger partial charge is 0.497 e. The zero-order valence-electron chi connectivity index (χ0n) is 12.2. The molecule has 1 aromatic carbocycles. The van der Waals surface area contributed by atoms with Gasteiger partial charge >= 0.3 is 0 Å². The van der Waals surface area contributed by atoms with Crippen molar-refractivity contribution in [3.8, 4) is 5.75 Å². The van der Waals surface area contributed by atoms with Gasteiger partial charge in [-0.2, -0.15) is 0 Å². The van der Waals surface area contributed by atoms with E-state index in [0.717, 1.165) is 31.4 Å². The first-order valence-electron chi connectivity index (χ1n) is 6.81. The van der Waals surface area contributed by atoms with Crippen molar-refractivity contribution in [2.75, 3.05) is 14.2 Å². The molecule has 0 bridgehead atoms. The molecule has 0 aliphatic carbocycles. The first-order valence-corrected chi connectivity index (χ1v) is 6.81. The average molecular weight is 266 g/mol. The van der Waals surface area contributed by atoms with Gasteiger partial charge in [-0.05, 0) is 50.3 Å². The molecular weight excluding hydrogens is 240 g/mol. The third kappa shape index (κ3) is 6.05. The molecule has 0 spiro atoms. The molecule has 0 heterocycles. The van der Waals surface area contributed by atoms with Gasteiger partial charge in [0, 0.05) is 13.2 Å². The molecule has 0 fully saturated rings. The van der Waals surface area contributed by atoms with E-state index in [1.807, 2.05) is 12.1 Å². The van der Waals surface area contributed by atoms with Crippen LogP contribution in [0.4, 0.5) is 0 Å². The molecule has 0 amide bonds. The Hall–Kier alpha value is -1.10. The van der Waals surface area contributed by atoms with E-state index in [-0.39, 0.29) is 6.10 Å². The molecule has 2 atom stereocenters. The minimum Gasteiger partial charge on any atom is -0.497 e. The number of benzene rings is 1. The molecule has 2 unspecified atom stereocenters. The minimum atomic E-state index is 0.289. The molecule has 0 aromatic heterocycles. The molecule has 0 saturated heterocycles. The van der Waals surface area contributed by atoms with Crippen molar-refractivity contribution in [3.63, 3.8) is 0 Å². The Kier molecular flexibility index (Phi) is 7.48. The molecule has 1 aromatic rings. The van der Waals surface area contributed by atoms with E-state index < -0.39 is 0 Å². The Morgan fingerprint density at radius 2 is 1.79 bits per heavy atom. The van der Waals surface area contributed by atoms with Gasteiger partial charge in [-0.25, -0.2) is 0 Å². The van der Waals surface area contributed by atoms with E-state index in [9.17, 15) is 0 Å². The van der Waals surface area contributed by atoms with Crippen LogP contribution in [-0.2, 0) is 11.2 Å². The SMILES string of the molecule is COc1ccc(CCC(CCC(C)OC)NN)cc1. The second-order valence-electron chi connectivity index (χ2n) is 4.87. The van der Waals surface area contributed by atoms with Gasteiger partial charge in [0.1, 0.15) is 5.75 Å². The van der Waals surface area contributed by atoms with E-state index in [1.54, 1.807) is 14.2 Å². The normalized spacial score (nSPS) is 14.1. The Morgan fingerprint density at radius 3 is 2.32 bits per heavy atom. The lowest BCUT2D eigenvalue weighted by Gasteiger charge is -2.18. The fourth-order valence-corrected chi connectivity index (χ4v) is 2.00. The minimum absolute atomic E-state index is 0.289. The van der Waals surface area contributed by atoms with Crippen molar-refractivity contribution >= 4 is 0 Å². The third-order valence-electron chi connectivity index (χ3n) is 3.50. The van der Waals surface area contributed by atoms with Gasteiger partial charge in [0.15, 0.2) is 0 Å². The van der Waals surface area contributed by atoms with E-state index >= 15 is 0 Å². The number of aryl methyl sites for hydroxylation is 1. The molecule has 4 heteroatoms. The van der Waals surface area contributed by atoms with Crippen LogP contribution < -0.4 is 16.0 Å². The number of nitrogens with two attached hydrogens (primary N) is 1. The van der Waals surface area contributed by atoms with Crippen LogP contribution in [0.3, 0.4) is 0 Å². The summed E-state index contributed by atoms with van der Waals surface area (Å²) in [4.78, 5) is 0. The summed E-state index contributed by atoms with van der Waals surface area (Å²) in [6, 6.07) is 8.52. The van der Waals surface area contributed by atoms with Crippen molar-refractivity contribution in [2.24, 2.45) is 5.84 Å². The summed E-state index contributed by atoms with van der Waals surface area (Å²) in [7, 11) is 3.42. The van der Waals surface area contributed by atoms with Crippen molar-refractivity contribution in [1.82, 2.24) is 5.43 Å². The molecule has 1 rings (SSSR count). The quantitative estimate of drug-likeness (QED) is 0.532. The summed E-state index contributed by atoms with van der Waals surface area (Å²) >= 11 is 0. The van der Waals surface area contributed by atoms with Crippen molar-refractivity contribution in [2.45, 2.75) is 44.8 Å². The third-order valence-corrected chi connectivity index (χ3v) is 3.50. The molecule has 0 radical (unpaired) electrons. The van der Waals surface area contributed by atoms with Crippen LogP contribution in [0.2, 0.25) is 0 Å². The predicted octanol–water partition coefficient (Wildman–Crippen LogP) is 2.27. The molecular formula is C15H26N2O2. The molecule has 0 aliphatic rings. The van der Waals surface area contributed by atoms with Gasteiger partial charge < -0.3 is 9.47 Å². The van der Waals surface area contributed by atoms with Gasteiger partial charge in [0.25, 0.3) is 0 Å². The molecule has 0 saturated carbocycles. The van der Waals surface area contributed by atoms with Crippen molar-refractivity contribution in [1.29, 1.82) is 0 Å². The standard InChI is InChI=1S/C15H26N2O2/c1-12(18-2)4-8-14(17-16)9-5-13-6-10-15(19-3)11-7-13/h6-7,10-12,14,17H,4-5,8-9,16H2,1-3H3. The van der Waals surface area contributed by atoms with Crippen LogP contribution in [-0.4, -0.2) is 26.4 Å². The number of nitrogens with one attached hydrogen (secondary N) is 1. The van der Waals surface area contributed by atoms with Gasteiger partial charge in [0.2, 0.25) is 0 Å². The van der Waals surface area contributed by atoms with E-state index in [4.69, 9.17) is 15.3 Å². The summed E-state index contributed by atoms with van der Waals surface area (Å²) in [5, 5.41) is 0. The van der Waals surface area contributed by atoms with Crippen LogP contribution in [0.15, 0.2) is 24.3 Å². The van der Waals surface area contributed by atoms with Gasteiger partial charge in [-0.3, -0.25) is 11.3 Å². The maximum absolute atomic E-state index is 5.60. The van der Waals surface area contributed by atoms with E-state index in [1.165, 1.54) is 5.56 Å². The Labute approximate surface area is 116 Å². The van der Waals surface area contributed by atoms with Gasteiger partial charge in [0.05, 0.1) is 13.2 Å². The lowest BCUT2D eigenvalue weighted by atomic mass is 10.0. The first kappa shape index (κ1) is 16.0. The highest BCUT2D eigenvalue weighted by atomic mass is 16.5. The van der Waals surface area contributed by atoms with Crippen molar-refractivity contribution < 1.29 is 9.47 Å². The summed E-state index contributed by atoms with van der Waals surface area (Å²) in [6.07, 6.45) is 4.38. The number of hydrazine groups is 1. The molecule has 3 N–H and O–H groups in total. The fourth-order valence-electron chi connectivity index (χ4n) is 2.00. The highest BCUT2D eigenvalue weighted by Gasteiger charge is 2.09. The summed E-state index contributed by atoms with van der Waals surface area (Å²) in [6.45, 7) is 2.08. The van der Waals surface area contributed by atoms with Crippen LogP contribution in [0.25, 0.3) is 0 Å². The summed E-state index contributed by atoms with van der Waals surface area (Å²) in [5.74, 6) is 6.49. The first-order chi connectivity index (χ1) is 9.19. The van der Waals surface area contributed by atoms with Crippen LogP contribution in [0.1, 0.15) is 31.7 Å². The smallest absolute Gasteiger partial charge is 0.118 e. The maximum Gasteiger partial charge on any atom is 0.118 e. The second-order valence-corrected chi connectivity index (χ2v) is 4.87. The second kappa shape index (κ2) is 8.91. The Bertz CT molecular complexity index is 341. The average Bonchev–Trinajstić information content (AvgIpc) is 2.47. The van der Waals surface area contributed by atoms with Crippen molar-refractivity contribution in [3.05, 3.63) is 29.8 Å². The van der Waals surface area contributed by atoms with Gasteiger partial charge in [-0.15, -0.1) is 0 Å². The summed E-state index contributed by atoms with van der Waals surface area (Å²) < 4.78 is 10.4. The summed E-state index contributed by atoms with van der Waals surface area (Å²) in [5.41, 5.74) is 4.20. The van der Waals surface area contributed by atoms with Crippen LogP contribution >= 0.6 is 0 Å². The zero-order valence-corrected chi connectivity index (χ0v) is 12.2. The highest BCUT2D eigenvalue weighted by molar-refractivity contribution is 5.27. The monoisotopic (exact) mass is 266 g/mol. The molecule has 4 nitrogen and oxygen atoms in total. The van der Waals surface area contributed by atoms with Gasteiger partial charge in [-0.1, -0.05) is 12.1 Å². The topological polar surface area (TPSA) is 56.5 Å². The van der Waals surface area contributed by atoms with E-state index in [0.29, 0.717) is 6.04 Å². The number of rotatable bonds is 9. The number of hydrogen-bond donors (Lipinski definition) is 2. The van der Waals surface area contributed by atoms with Crippen LogP contribution in [0.5, 0.6) is 5.75 Å². The highest BCUT2D eigenvalue weighted by Crippen LogP contribution is 2.14. The number of hydrogen-bond acceptors (Lipinski definition) is 4. The molecule has 19 heavy (non-hydrogen) atoms. The number of methoxy groups -OCH3 is 2. The zero-order chi connectivity index (χ0) is 14.1. The lowest BCUT2D eigenvalue weighted by Crippen LogP contribution is -2.36. The molecule has 108 valence electrons. The van der Waals surface area contributed by atoms with Crippen LogP contribution in [0, 0.1) is 0 Å². The molecule has 0 aliphatic heterocycles. The predicted molar refractivity (Wildman–Crippen MR) is 78.1 cm³/mol. The number of ether oxygens (including phenoxy) is 2. The maximum atomic E-state index is 5.60.